The minimum absolute atomic E-state index is 0.0557. The van der Waals surface area contributed by atoms with Crippen molar-refractivity contribution in [1.29, 1.82) is 0 Å². The van der Waals surface area contributed by atoms with Gasteiger partial charge in [0.2, 0.25) is 0 Å². The van der Waals surface area contributed by atoms with Crippen LogP contribution < -0.4 is 0 Å². The molecule has 4 fully saturated rings. The summed E-state index contributed by atoms with van der Waals surface area (Å²) in [5.74, 6) is -1.14. The highest BCUT2D eigenvalue weighted by molar-refractivity contribution is 5.77. The number of rotatable bonds is 3. The number of hydrogen-bond acceptors (Lipinski definition) is 5. The van der Waals surface area contributed by atoms with Crippen molar-refractivity contribution < 1.29 is 31.1 Å². The molecule has 0 aromatic carbocycles. The van der Waals surface area contributed by atoms with Crippen LogP contribution in [0.3, 0.4) is 0 Å². The first-order chi connectivity index (χ1) is 16.8. The Morgan fingerprint density at radius 1 is 0.972 bits per heavy atom. The van der Waals surface area contributed by atoms with Crippen LogP contribution in [-0.2, 0) is 25.9 Å². The Hall–Kier alpha value is -2.84. The molecule has 9 nitrogen and oxygen atoms in total. The minimum atomic E-state index is -4.57. The van der Waals surface area contributed by atoms with Crippen LogP contribution >= 0.6 is 0 Å². The predicted molar refractivity (Wildman–Crippen MR) is 110 cm³/mol. The number of aromatic nitrogens is 5. The van der Waals surface area contributed by atoms with Crippen molar-refractivity contribution >= 4 is 6.03 Å². The molecule has 6 rings (SSSR count). The number of urea groups is 1. The van der Waals surface area contributed by atoms with Crippen molar-refractivity contribution in [3.8, 4) is 0 Å². The monoisotopic (exact) mass is 518 g/mol. The van der Waals surface area contributed by atoms with Gasteiger partial charge in [-0.05, 0) is 12.8 Å². The average Bonchev–Trinajstić information content (AvgIpc) is 3.26. The molecule has 3 saturated heterocycles. The van der Waals surface area contributed by atoms with E-state index in [-0.39, 0.29) is 35.0 Å². The van der Waals surface area contributed by atoms with E-state index in [4.69, 9.17) is 0 Å². The molecule has 2 amide bonds. The summed E-state index contributed by atoms with van der Waals surface area (Å²) < 4.78 is 80.0. The summed E-state index contributed by atoms with van der Waals surface area (Å²) in [4.78, 5) is 21.6. The lowest BCUT2D eigenvalue weighted by molar-refractivity contribution is -0.146. The highest BCUT2D eigenvalue weighted by Crippen LogP contribution is 2.54. The first-order valence-corrected chi connectivity index (χ1v) is 11.6. The van der Waals surface area contributed by atoms with Crippen LogP contribution in [0.25, 0.3) is 0 Å². The molecule has 1 aliphatic carbocycles. The van der Waals surface area contributed by atoms with Crippen LogP contribution in [0.2, 0.25) is 0 Å². The Bertz CT molecular complexity index is 1170. The molecule has 3 aliphatic heterocycles. The Morgan fingerprint density at radius 2 is 1.58 bits per heavy atom. The molecule has 0 unspecified atom stereocenters. The molecule has 0 N–H and O–H groups in total. The summed E-state index contributed by atoms with van der Waals surface area (Å²) >= 11 is 0. The quantitative estimate of drug-likeness (QED) is 0.585. The Balaban J connectivity index is 0.945. The standard InChI is InChI=1S/C21H24F6N8O/c1-31-15(20(22,23)24)13(4-29-31)5-32-6-19(7-32)10-34(11-19)17(36)33-8-18(9-33)2-14(3-18)35-12-28-16(30-35)21(25,26)27/h4,12,14H,2-3,5-11H2,1H3. The number of aryl methyl sites for hydroxylation is 1. The second kappa shape index (κ2) is 7.35. The SMILES string of the molecule is Cn1ncc(CN2CC3(C2)CN(C(=O)N2CC4(CC(n5cnc(C(F)(F)F)n5)C4)C2)C3)c1C(F)(F)F. The lowest BCUT2D eigenvalue weighted by Gasteiger charge is -2.63. The Kier molecular flexibility index (Phi) is 4.81. The van der Waals surface area contributed by atoms with Crippen LogP contribution in [0.1, 0.15) is 36.0 Å². The van der Waals surface area contributed by atoms with Crippen molar-refractivity contribution in [3.05, 3.63) is 29.6 Å². The largest absolute Gasteiger partial charge is 0.453 e. The van der Waals surface area contributed by atoms with Crippen LogP contribution in [0.4, 0.5) is 31.1 Å². The van der Waals surface area contributed by atoms with Gasteiger partial charge >= 0.3 is 18.4 Å². The van der Waals surface area contributed by atoms with Crippen molar-refractivity contribution in [2.75, 3.05) is 39.3 Å². The summed E-state index contributed by atoms with van der Waals surface area (Å²) in [6.45, 7) is 3.73. The molecule has 5 heterocycles. The van der Waals surface area contributed by atoms with Crippen molar-refractivity contribution in [2.45, 2.75) is 37.8 Å². The van der Waals surface area contributed by atoms with Crippen LogP contribution in [0, 0.1) is 10.8 Å². The van der Waals surface area contributed by atoms with E-state index in [9.17, 15) is 31.1 Å². The number of carbonyl (C=O) groups is 1. The molecule has 2 aromatic rings. The molecule has 2 spiro atoms. The Morgan fingerprint density at radius 3 is 2.14 bits per heavy atom. The van der Waals surface area contributed by atoms with Gasteiger partial charge in [0.05, 0.1) is 12.2 Å². The summed E-state index contributed by atoms with van der Waals surface area (Å²) in [5, 5.41) is 7.29. The molecule has 0 atom stereocenters. The van der Waals surface area contributed by atoms with E-state index in [1.165, 1.54) is 17.9 Å². The van der Waals surface area contributed by atoms with Crippen LogP contribution in [-0.4, -0.2) is 84.5 Å². The van der Waals surface area contributed by atoms with Gasteiger partial charge in [-0.1, -0.05) is 0 Å². The van der Waals surface area contributed by atoms with E-state index in [0.717, 1.165) is 11.0 Å². The molecule has 0 bridgehead atoms. The lowest BCUT2D eigenvalue weighted by Crippen LogP contribution is -2.75. The molecule has 0 radical (unpaired) electrons. The van der Waals surface area contributed by atoms with Gasteiger partial charge in [0.15, 0.2) is 0 Å². The molecule has 36 heavy (non-hydrogen) atoms. The topological polar surface area (TPSA) is 75.3 Å². The smallest absolute Gasteiger partial charge is 0.323 e. The van der Waals surface area contributed by atoms with E-state index in [2.05, 4.69) is 15.2 Å². The zero-order valence-electron chi connectivity index (χ0n) is 19.3. The third-order valence-electron chi connectivity index (χ3n) is 7.91. The lowest BCUT2D eigenvalue weighted by atomic mass is 9.60. The molecule has 1 saturated carbocycles. The van der Waals surface area contributed by atoms with Crippen molar-refractivity contribution in [2.24, 2.45) is 17.9 Å². The maximum Gasteiger partial charge on any atom is 0.453 e. The number of halogens is 6. The second-order valence-electron chi connectivity index (χ2n) is 10.9. The predicted octanol–water partition coefficient (Wildman–Crippen LogP) is 2.62. The average molecular weight is 518 g/mol. The van der Waals surface area contributed by atoms with Crippen molar-refractivity contribution in [3.63, 3.8) is 0 Å². The van der Waals surface area contributed by atoms with Gasteiger partial charge in [-0.15, -0.1) is 5.10 Å². The molecular weight excluding hydrogens is 494 g/mol. The van der Waals surface area contributed by atoms with Gasteiger partial charge in [-0.2, -0.15) is 31.4 Å². The fraction of sp³-hybridized carbons (Fsp3) is 0.714. The van der Waals surface area contributed by atoms with Gasteiger partial charge in [-0.25, -0.2) is 14.5 Å². The van der Waals surface area contributed by atoms with Gasteiger partial charge < -0.3 is 9.80 Å². The molecule has 15 heteroatoms. The number of carbonyl (C=O) groups excluding carboxylic acids is 1. The van der Waals surface area contributed by atoms with Crippen LogP contribution in [0.15, 0.2) is 12.5 Å². The van der Waals surface area contributed by atoms with Gasteiger partial charge in [0.1, 0.15) is 12.0 Å². The normalized spacial score (nSPS) is 23.4. The van der Waals surface area contributed by atoms with Gasteiger partial charge in [0, 0.05) is 69.3 Å². The van der Waals surface area contributed by atoms with Gasteiger partial charge in [0.25, 0.3) is 5.82 Å². The van der Waals surface area contributed by atoms with E-state index in [1.807, 2.05) is 4.90 Å². The van der Waals surface area contributed by atoms with Gasteiger partial charge in [-0.3, -0.25) is 9.58 Å². The van der Waals surface area contributed by atoms with E-state index in [1.54, 1.807) is 9.80 Å². The fourth-order valence-corrected chi connectivity index (χ4v) is 6.38. The third kappa shape index (κ3) is 3.73. The third-order valence-corrected chi connectivity index (χ3v) is 7.91. The number of hydrogen-bond donors (Lipinski definition) is 0. The Labute approximate surface area is 201 Å². The van der Waals surface area contributed by atoms with E-state index >= 15 is 0 Å². The number of likely N-dealkylation sites (tertiary alicyclic amines) is 3. The number of nitrogens with zero attached hydrogens (tertiary/aromatic N) is 8. The first-order valence-electron chi connectivity index (χ1n) is 11.6. The minimum Gasteiger partial charge on any atom is -0.323 e. The zero-order valence-corrected chi connectivity index (χ0v) is 19.3. The summed E-state index contributed by atoms with van der Waals surface area (Å²) in [6.07, 6.45) is -5.34. The number of alkyl halides is 6. The highest BCUT2D eigenvalue weighted by Gasteiger charge is 2.58. The second-order valence-corrected chi connectivity index (χ2v) is 10.9. The van der Waals surface area contributed by atoms with E-state index < -0.39 is 23.9 Å². The summed E-state index contributed by atoms with van der Waals surface area (Å²) in [6, 6.07) is -0.198. The first kappa shape index (κ1) is 23.6. The molecule has 196 valence electrons. The van der Waals surface area contributed by atoms with Crippen LogP contribution in [0.5, 0.6) is 0 Å². The molecule has 2 aromatic heterocycles. The highest BCUT2D eigenvalue weighted by atomic mass is 19.4. The molecule has 4 aliphatic rings. The summed E-state index contributed by atoms with van der Waals surface area (Å²) in [5.41, 5.74) is -0.718. The number of amides is 2. The zero-order chi connectivity index (χ0) is 25.7. The summed E-state index contributed by atoms with van der Waals surface area (Å²) in [7, 11) is 1.28. The molecular formula is C21H24F6N8O. The van der Waals surface area contributed by atoms with Crippen molar-refractivity contribution in [1.82, 2.24) is 39.2 Å². The maximum absolute atomic E-state index is 13.3. The van der Waals surface area contributed by atoms with E-state index in [0.29, 0.717) is 52.1 Å². The maximum atomic E-state index is 13.3. The fourth-order valence-electron chi connectivity index (χ4n) is 6.38.